The topological polar surface area (TPSA) is 15.7 Å². The Kier molecular flexibility index (Phi) is 3.44. The minimum Gasteiger partial charge on any atom is -0.340 e. The average Bonchev–Trinajstić information content (AvgIpc) is 2.49. The Bertz CT molecular complexity index is 509. The highest BCUT2D eigenvalue weighted by molar-refractivity contribution is 7.80. The van der Waals surface area contributed by atoms with E-state index >= 15 is 0 Å². The highest BCUT2D eigenvalue weighted by Gasteiger charge is 2.24. The first kappa shape index (κ1) is 12.1. The molecule has 1 saturated heterocycles. The van der Waals surface area contributed by atoms with Gasteiger partial charge in [-0.2, -0.15) is 0 Å². The van der Waals surface area contributed by atoms with Crippen LogP contribution in [0, 0.1) is 0 Å². The summed E-state index contributed by atoms with van der Waals surface area (Å²) in [6.07, 6.45) is 0. The van der Waals surface area contributed by atoms with Gasteiger partial charge in [-0.1, -0.05) is 36.4 Å². The van der Waals surface area contributed by atoms with Gasteiger partial charge in [0.1, 0.15) is 13.5 Å². The van der Waals surface area contributed by atoms with Gasteiger partial charge in [-0.15, -0.1) is 0 Å². The van der Waals surface area contributed by atoms with Crippen molar-refractivity contribution in [2.45, 2.75) is 0 Å². The van der Waals surface area contributed by atoms with Gasteiger partial charge in [0.15, 0.2) is 5.11 Å². The van der Waals surface area contributed by atoms with Crippen LogP contribution in [0.2, 0.25) is 0 Å². The molecule has 96 valence electrons. The molecule has 0 aromatic heterocycles. The smallest absolute Gasteiger partial charge is 0.184 e. The third-order valence-electron chi connectivity index (χ3n) is 3.04. The first-order chi connectivity index (χ1) is 9.36. The second kappa shape index (κ2) is 5.38. The minimum absolute atomic E-state index is 0.492. The van der Waals surface area contributed by atoms with Crippen molar-refractivity contribution in [2.24, 2.45) is 0 Å². The van der Waals surface area contributed by atoms with Gasteiger partial charge in [-0.25, -0.2) is 0 Å². The predicted octanol–water partition coefficient (Wildman–Crippen LogP) is 3.23. The van der Waals surface area contributed by atoms with Crippen molar-refractivity contribution in [1.29, 1.82) is 0 Å². The van der Waals surface area contributed by atoms with E-state index in [9.17, 15) is 0 Å². The van der Waals surface area contributed by atoms with E-state index in [4.69, 9.17) is 17.0 Å². The van der Waals surface area contributed by atoms with Gasteiger partial charge in [0.2, 0.25) is 0 Å². The number of ether oxygens (including phenoxy) is 1. The molecule has 3 nitrogen and oxygen atoms in total. The fourth-order valence-electron chi connectivity index (χ4n) is 2.07. The van der Waals surface area contributed by atoms with Gasteiger partial charge in [0.05, 0.1) is 0 Å². The van der Waals surface area contributed by atoms with Crippen LogP contribution in [0.5, 0.6) is 0 Å². The minimum atomic E-state index is 0.492. The van der Waals surface area contributed by atoms with Gasteiger partial charge in [-0.3, -0.25) is 9.80 Å². The zero-order chi connectivity index (χ0) is 13.1. The highest BCUT2D eigenvalue weighted by atomic mass is 32.1. The van der Waals surface area contributed by atoms with Crippen molar-refractivity contribution in [3.8, 4) is 0 Å². The summed E-state index contributed by atoms with van der Waals surface area (Å²) in [5, 5.41) is 0.767. The molecule has 1 heterocycles. The summed E-state index contributed by atoms with van der Waals surface area (Å²) in [6, 6.07) is 20.1. The van der Waals surface area contributed by atoms with Crippen LogP contribution in [-0.4, -0.2) is 18.6 Å². The predicted molar refractivity (Wildman–Crippen MR) is 81.3 cm³/mol. The Morgan fingerprint density at radius 1 is 0.737 bits per heavy atom. The average molecular weight is 270 g/mol. The number of para-hydroxylation sites is 2. The van der Waals surface area contributed by atoms with E-state index in [2.05, 4.69) is 0 Å². The normalized spacial score (nSPS) is 15.7. The quantitative estimate of drug-likeness (QED) is 0.778. The second-order valence-electron chi connectivity index (χ2n) is 4.27. The third kappa shape index (κ3) is 2.45. The molecule has 1 fully saturated rings. The largest absolute Gasteiger partial charge is 0.340 e. The van der Waals surface area contributed by atoms with E-state index in [0.717, 1.165) is 16.5 Å². The molecule has 0 saturated carbocycles. The van der Waals surface area contributed by atoms with Crippen molar-refractivity contribution >= 4 is 28.7 Å². The fourth-order valence-corrected chi connectivity index (χ4v) is 2.38. The van der Waals surface area contributed by atoms with Gasteiger partial charge in [0, 0.05) is 11.4 Å². The maximum absolute atomic E-state index is 5.64. The summed E-state index contributed by atoms with van der Waals surface area (Å²) in [5.74, 6) is 0. The number of rotatable bonds is 2. The Labute approximate surface area is 118 Å². The Balaban J connectivity index is 1.88. The van der Waals surface area contributed by atoms with Crippen LogP contribution in [0.3, 0.4) is 0 Å². The highest BCUT2D eigenvalue weighted by Crippen LogP contribution is 2.23. The summed E-state index contributed by atoms with van der Waals surface area (Å²) in [6.45, 7) is 0.984. The van der Waals surface area contributed by atoms with E-state index in [-0.39, 0.29) is 0 Å². The molecule has 0 atom stereocenters. The molecule has 19 heavy (non-hydrogen) atoms. The third-order valence-corrected chi connectivity index (χ3v) is 3.48. The Morgan fingerprint density at radius 3 is 1.58 bits per heavy atom. The molecule has 0 bridgehead atoms. The molecule has 2 aromatic rings. The number of thiocarbonyl (C=S) groups is 1. The molecule has 0 unspecified atom stereocenters. The van der Waals surface area contributed by atoms with Crippen LogP contribution < -0.4 is 9.80 Å². The molecule has 0 aliphatic carbocycles. The maximum atomic E-state index is 5.64. The van der Waals surface area contributed by atoms with Crippen LogP contribution in [0.4, 0.5) is 11.4 Å². The summed E-state index contributed by atoms with van der Waals surface area (Å²) in [5.41, 5.74) is 2.10. The Hall–Kier alpha value is -1.91. The van der Waals surface area contributed by atoms with Gasteiger partial charge in [0.25, 0.3) is 0 Å². The molecule has 3 rings (SSSR count). The number of hydrogen-bond acceptors (Lipinski definition) is 2. The van der Waals surface area contributed by atoms with Gasteiger partial charge >= 0.3 is 0 Å². The van der Waals surface area contributed by atoms with Crippen LogP contribution in [-0.2, 0) is 4.74 Å². The van der Waals surface area contributed by atoms with Crippen molar-refractivity contribution < 1.29 is 4.74 Å². The zero-order valence-electron chi connectivity index (χ0n) is 10.4. The first-order valence-electron chi connectivity index (χ1n) is 6.13. The van der Waals surface area contributed by atoms with Crippen LogP contribution in [0.15, 0.2) is 60.7 Å². The van der Waals surface area contributed by atoms with Crippen LogP contribution >= 0.6 is 12.2 Å². The maximum Gasteiger partial charge on any atom is 0.184 e. The SMILES string of the molecule is S=C1N(c2ccccc2)COCN1c1ccccc1. The molecule has 0 amide bonds. The molecule has 4 heteroatoms. The lowest BCUT2D eigenvalue weighted by Crippen LogP contribution is -2.50. The van der Waals surface area contributed by atoms with Gasteiger partial charge in [-0.05, 0) is 36.5 Å². The summed E-state index contributed by atoms with van der Waals surface area (Å²) in [4.78, 5) is 3.98. The zero-order valence-corrected chi connectivity index (χ0v) is 11.2. The lowest BCUT2D eigenvalue weighted by molar-refractivity contribution is 0.138. The lowest BCUT2D eigenvalue weighted by atomic mass is 10.3. The van der Waals surface area contributed by atoms with E-state index in [0.29, 0.717) is 13.5 Å². The number of nitrogens with zero attached hydrogens (tertiary/aromatic N) is 2. The van der Waals surface area contributed by atoms with E-state index < -0.39 is 0 Å². The monoisotopic (exact) mass is 270 g/mol. The molecule has 1 aliphatic heterocycles. The summed E-state index contributed by atoms with van der Waals surface area (Å²) in [7, 11) is 0. The van der Waals surface area contributed by atoms with Crippen LogP contribution in [0.1, 0.15) is 0 Å². The molecule has 2 aromatic carbocycles. The number of benzene rings is 2. The lowest BCUT2D eigenvalue weighted by Gasteiger charge is -2.38. The number of anilines is 2. The van der Waals surface area contributed by atoms with Crippen LogP contribution in [0.25, 0.3) is 0 Å². The molecule has 0 spiro atoms. The summed E-state index contributed by atoms with van der Waals surface area (Å²) < 4.78 is 5.64. The van der Waals surface area contributed by atoms with Crippen molar-refractivity contribution in [2.75, 3.05) is 23.3 Å². The van der Waals surface area contributed by atoms with E-state index in [1.54, 1.807) is 0 Å². The number of hydrogen-bond donors (Lipinski definition) is 0. The fraction of sp³-hybridized carbons (Fsp3) is 0.133. The molecule has 0 radical (unpaired) electrons. The van der Waals surface area contributed by atoms with Gasteiger partial charge < -0.3 is 4.74 Å². The van der Waals surface area contributed by atoms with Crippen molar-refractivity contribution in [3.05, 3.63) is 60.7 Å². The van der Waals surface area contributed by atoms with Crippen molar-refractivity contribution in [1.82, 2.24) is 0 Å². The molecule has 0 N–H and O–H groups in total. The first-order valence-corrected chi connectivity index (χ1v) is 6.54. The Morgan fingerprint density at radius 2 is 1.16 bits per heavy atom. The van der Waals surface area contributed by atoms with E-state index in [1.807, 2.05) is 70.5 Å². The summed E-state index contributed by atoms with van der Waals surface area (Å²) >= 11 is 5.58. The van der Waals surface area contributed by atoms with Crippen molar-refractivity contribution in [3.63, 3.8) is 0 Å². The standard InChI is InChI=1S/C15H14N2OS/c19-15-16(13-7-3-1-4-8-13)11-18-12-17(15)14-9-5-2-6-10-14/h1-10H,11-12H2. The van der Waals surface area contributed by atoms with E-state index in [1.165, 1.54) is 0 Å². The second-order valence-corrected chi connectivity index (χ2v) is 4.64. The molecular formula is C15H14N2OS. The molecule has 1 aliphatic rings. The molecular weight excluding hydrogens is 256 g/mol.